The minimum Gasteiger partial charge on any atom is -0.488 e. The number of pyridine rings is 1. The van der Waals surface area contributed by atoms with Gasteiger partial charge in [-0.15, -0.1) is 0 Å². The Morgan fingerprint density at radius 2 is 1.48 bits per heavy atom. The van der Waals surface area contributed by atoms with Gasteiger partial charge in [-0.1, -0.05) is 105 Å². The normalized spacial score (nSPS) is 12.4. The van der Waals surface area contributed by atoms with Crippen molar-refractivity contribution in [3.63, 3.8) is 0 Å². The number of aliphatic hydroxyl groups excluding tert-OH is 1. The maximum Gasteiger partial charge on any atom is 0.319 e. The molecule has 224 valence electrons. The lowest BCUT2D eigenvalue weighted by Gasteiger charge is -2.21. The van der Waals surface area contributed by atoms with Gasteiger partial charge in [0.1, 0.15) is 12.4 Å². The number of carbonyl (C=O) groups is 1. The second-order valence-corrected chi connectivity index (χ2v) is 10.8. The van der Waals surface area contributed by atoms with E-state index in [1.165, 1.54) is 0 Å². The van der Waals surface area contributed by atoms with Gasteiger partial charge in [-0.2, -0.15) is 4.57 Å². The minimum atomic E-state index is -1.05. The Labute approximate surface area is 258 Å². The molecule has 0 spiro atoms. The molecule has 4 aromatic carbocycles. The summed E-state index contributed by atoms with van der Waals surface area (Å²) >= 11 is 0. The molecule has 3 N–H and O–H groups in total. The number of nitrogens with one attached hydrogen (secondary N) is 2. The van der Waals surface area contributed by atoms with Gasteiger partial charge in [0.25, 0.3) is 6.23 Å². The monoisotopic (exact) mass is 588 g/mol. The molecule has 0 saturated carbocycles. The van der Waals surface area contributed by atoms with Gasteiger partial charge in [0.05, 0.1) is 6.54 Å². The Morgan fingerprint density at radius 3 is 2.20 bits per heavy atom. The van der Waals surface area contributed by atoms with E-state index < -0.39 is 12.5 Å². The highest BCUT2D eigenvalue weighted by Crippen LogP contribution is 2.30. The van der Waals surface area contributed by atoms with Gasteiger partial charge in [0.2, 0.25) is 0 Å². The number of aliphatic hydroxyl groups is 1. The SMILES string of the molecule is CC(C)C(OC(O)c1ccccc1)[n+]1cccc(CNC(=O)Nc2ccc(COc3ccccc3-c3ccccc3)cc2)c1. The summed E-state index contributed by atoms with van der Waals surface area (Å²) in [7, 11) is 0. The Kier molecular flexibility index (Phi) is 10.4. The number of nitrogens with zero attached hydrogens (tertiary/aromatic N) is 1. The number of carbonyl (C=O) groups excluding carboxylic acids is 1. The van der Waals surface area contributed by atoms with Gasteiger partial charge in [-0.25, -0.2) is 4.79 Å². The summed E-state index contributed by atoms with van der Waals surface area (Å²) in [5, 5.41) is 16.4. The molecule has 5 aromatic rings. The highest BCUT2D eigenvalue weighted by molar-refractivity contribution is 5.89. The van der Waals surface area contributed by atoms with Crippen molar-refractivity contribution in [2.45, 2.75) is 39.5 Å². The van der Waals surface area contributed by atoms with E-state index in [2.05, 4.69) is 28.8 Å². The lowest BCUT2D eigenvalue weighted by atomic mass is 10.0. The number of hydrogen-bond acceptors (Lipinski definition) is 4. The van der Waals surface area contributed by atoms with E-state index in [9.17, 15) is 9.90 Å². The van der Waals surface area contributed by atoms with Crippen LogP contribution in [0.3, 0.4) is 0 Å². The predicted molar refractivity (Wildman–Crippen MR) is 172 cm³/mol. The predicted octanol–water partition coefficient (Wildman–Crippen LogP) is 7.40. The first-order chi connectivity index (χ1) is 21.5. The lowest BCUT2D eigenvalue weighted by molar-refractivity contribution is -0.775. The third kappa shape index (κ3) is 8.31. The molecular weight excluding hydrogens is 550 g/mol. The molecule has 0 aliphatic carbocycles. The van der Waals surface area contributed by atoms with E-state index in [1.807, 2.05) is 134 Å². The second-order valence-electron chi connectivity index (χ2n) is 10.8. The van der Waals surface area contributed by atoms with Crippen LogP contribution in [-0.4, -0.2) is 11.1 Å². The first-order valence-corrected chi connectivity index (χ1v) is 14.8. The summed E-state index contributed by atoms with van der Waals surface area (Å²) in [5.41, 5.74) is 5.42. The summed E-state index contributed by atoms with van der Waals surface area (Å²) in [4.78, 5) is 12.7. The maximum absolute atomic E-state index is 12.7. The molecule has 7 heteroatoms. The topological polar surface area (TPSA) is 83.7 Å². The molecule has 2 amide bonds. The smallest absolute Gasteiger partial charge is 0.319 e. The molecule has 2 unspecified atom stereocenters. The number of urea groups is 1. The van der Waals surface area contributed by atoms with Gasteiger partial charge in [0, 0.05) is 34.4 Å². The summed E-state index contributed by atoms with van der Waals surface area (Å²) in [6.07, 6.45) is 2.38. The number of anilines is 1. The standard InChI is InChI=1S/C37H37N3O4/c1-27(2)35(44-36(41)31-15-7-4-8-16-31)40-23-11-12-29(25-40)24-38-37(42)39-32-21-19-28(20-22-32)26-43-34-18-10-9-17-33(34)30-13-5-3-6-14-30/h3-23,25,27,35-36,41H,24,26H2,1-2H3,(H-,38,39,42)/p+1. The zero-order valence-corrected chi connectivity index (χ0v) is 25.0. The van der Waals surface area contributed by atoms with Crippen molar-refractivity contribution < 1.29 is 23.9 Å². The van der Waals surface area contributed by atoms with Crippen LogP contribution in [0.5, 0.6) is 5.75 Å². The first kappa shape index (κ1) is 30.5. The average molecular weight is 589 g/mol. The Morgan fingerprint density at radius 1 is 0.795 bits per heavy atom. The minimum absolute atomic E-state index is 0.0943. The zero-order chi connectivity index (χ0) is 30.7. The summed E-state index contributed by atoms with van der Waals surface area (Å²) < 4.78 is 14.1. The second kappa shape index (κ2) is 15.0. The Balaban J connectivity index is 1.13. The van der Waals surface area contributed by atoms with Crippen LogP contribution in [0, 0.1) is 5.92 Å². The highest BCUT2D eigenvalue weighted by atomic mass is 16.6. The van der Waals surface area contributed by atoms with Crippen LogP contribution >= 0.6 is 0 Å². The van der Waals surface area contributed by atoms with Gasteiger partial charge in [-0.05, 0) is 35.4 Å². The molecule has 2 atom stereocenters. The fraction of sp³-hybridized carbons (Fsp3) is 0.189. The van der Waals surface area contributed by atoms with Gasteiger partial charge >= 0.3 is 6.03 Å². The van der Waals surface area contributed by atoms with Crippen LogP contribution in [0.15, 0.2) is 134 Å². The zero-order valence-electron chi connectivity index (χ0n) is 25.0. The van der Waals surface area contributed by atoms with Gasteiger partial charge in [0.15, 0.2) is 18.7 Å². The Bertz CT molecular complexity index is 1630. The molecule has 0 aliphatic heterocycles. The third-order valence-electron chi connectivity index (χ3n) is 7.13. The van der Waals surface area contributed by atoms with E-state index in [1.54, 1.807) is 0 Å². The van der Waals surface area contributed by atoms with E-state index >= 15 is 0 Å². The fourth-order valence-corrected chi connectivity index (χ4v) is 4.86. The van der Waals surface area contributed by atoms with Crippen molar-refractivity contribution >= 4 is 11.7 Å². The molecule has 0 aliphatic rings. The third-order valence-corrected chi connectivity index (χ3v) is 7.13. The largest absolute Gasteiger partial charge is 0.488 e. The molecule has 1 aromatic heterocycles. The molecule has 5 rings (SSSR count). The number of rotatable bonds is 12. The van der Waals surface area contributed by atoms with E-state index in [0.717, 1.165) is 28.0 Å². The molecule has 44 heavy (non-hydrogen) atoms. The van der Waals surface area contributed by atoms with Crippen molar-refractivity contribution in [3.05, 3.63) is 150 Å². The number of para-hydroxylation sites is 1. The number of ether oxygens (including phenoxy) is 2. The molecule has 0 saturated heterocycles. The molecule has 0 fully saturated rings. The number of hydrogen-bond donors (Lipinski definition) is 3. The average Bonchev–Trinajstić information content (AvgIpc) is 3.07. The summed E-state index contributed by atoms with van der Waals surface area (Å²) in [6, 6.07) is 38.6. The number of benzene rings is 4. The van der Waals surface area contributed by atoms with Crippen LogP contribution in [-0.2, 0) is 17.9 Å². The highest BCUT2D eigenvalue weighted by Gasteiger charge is 2.27. The van der Waals surface area contributed by atoms with Crippen molar-refractivity contribution in [2.75, 3.05) is 5.32 Å². The molecule has 0 radical (unpaired) electrons. The summed E-state index contributed by atoms with van der Waals surface area (Å²) in [6.45, 7) is 4.81. The maximum atomic E-state index is 12.7. The van der Waals surface area contributed by atoms with Crippen LogP contribution in [0.2, 0.25) is 0 Å². The van der Waals surface area contributed by atoms with Crippen LogP contribution < -0.4 is 19.9 Å². The molecule has 0 bridgehead atoms. The molecular formula is C37H38N3O4+. The van der Waals surface area contributed by atoms with Gasteiger partial charge < -0.3 is 20.5 Å². The number of amides is 2. The van der Waals surface area contributed by atoms with Crippen LogP contribution in [0.1, 0.15) is 43.1 Å². The van der Waals surface area contributed by atoms with E-state index in [-0.39, 0.29) is 11.9 Å². The first-order valence-electron chi connectivity index (χ1n) is 14.8. The van der Waals surface area contributed by atoms with Crippen molar-refractivity contribution in [1.29, 1.82) is 0 Å². The van der Waals surface area contributed by atoms with Crippen molar-refractivity contribution in [3.8, 4) is 16.9 Å². The quantitative estimate of drug-likeness (QED) is 0.105. The van der Waals surface area contributed by atoms with E-state index in [0.29, 0.717) is 24.4 Å². The van der Waals surface area contributed by atoms with E-state index in [4.69, 9.17) is 9.47 Å². The van der Waals surface area contributed by atoms with Crippen LogP contribution in [0.4, 0.5) is 10.5 Å². The fourth-order valence-electron chi connectivity index (χ4n) is 4.86. The summed E-state index contributed by atoms with van der Waals surface area (Å²) in [5.74, 6) is 0.915. The van der Waals surface area contributed by atoms with Crippen molar-refractivity contribution in [1.82, 2.24) is 5.32 Å². The van der Waals surface area contributed by atoms with Gasteiger partial charge in [-0.3, -0.25) is 4.74 Å². The molecule has 7 nitrogen and oxygen atoms in total. The Hall–Kier alpha value is -4.98. The molecule has 1 heterocycles. The van der Waals surface area contributed by atoms with Crippen molar-refractivity contribution in [2.24, 2.45) is 5.92 Å². The number of aromatic nitrogens is 1. The lowest BCUT2D eigenvalue weighted by Crippen LogP contribution is -2.44. The van der Waals surface area contributed by atoms with Crippen LogP contribution in [0.25, 0.3) is 11.1 Å².